The molecule has 1 aromatic rings. The Morgan fingerprint density at radius 2 is 2.24 bits per heavy atom. The van der Waals surface area contributed by atoms with Crippen molar-refractivity contribution in [2.45, 2.75) is 44.6 Å². The number of primary amides is 1. The van der Waals surface area contributed by atoms with Crippen LogP contribution in [0.1, 0.15) is 43.2 Å². The van der Waals surface area contributed by atoms with Gasteiger partial charge in [0.25, 0.3) is 0 Å². The number of halogens is 1. The summed E-state index contributed by atoms with van der Waals surface area (Å²) in [5, 5.41) is 11.6. The molecule has 1 saturated heterocycles. The highest BCUT2D eigenvalue weighted by Crippen LogP contribution is 2.41. The number of benzene rings is 1. The number of carbonyl (C=O) groups is 1. The number of nitrogens with two attached hydrogens (primary N) is 1. The van der Waals surface area contributed by atoms with E-state index >= 15 is 0 Å². The lowest BCUT2D eigenvalue weighted by Gasteiger charge is -2.42. The van der Waals surface area contributed by atoms with Crippen molar-refractivity contribution in [2.24, 2.45) is 11.7 Å². The highest BCUT2D eigenvalue weighted by Gasteiger charge is 2.42. The third-order valence-electron chi connectivity index (χ3n) is 5.22. The summed E-state index contributed by atoms with van der Waals surface area (Å²) in [6.07, 6.45) is 3.41. The van der Waals surface area contributed by atoms with Crippen LogP contribution in [-0.4, -0.2) is 42.8 Å². The molecule has 3 N–H and O–H groups in total. The van der Waals surface area contributed by atoms with E-state index in [1.54, 1.807) is 37.1 Å². The van der Waals surface area contributed by atoms with Gasteiger partial charge in [-0.2, -0.15) is 0 Å². The predicted octanol–water partition coefficient (Wildman–Crippen LogP) is 2.93. The highest BCUT2D eigenvalue weighted by molar-refractivity contribution is 5.72. The second kappa shape index (κ2) is 8.63. The van der Waals surface area contributed by atoms with Crippen LogP contribution in [0.3, 0.4) is 0 Å². The molecule has 2 atom stereocenters. The summed E-state index contributed by atoms with van der Waals surface area (Å²) in [4.78, 5) is 13.1. The number of amides is 2. The molecular weight excluding hydrogens is 323 g/mol. The number of hydrogen-bond acceptors (Lipinski definition) is 3. The standard InChI is InChI=1S/C19H29FN2O3/c1-14-7-5-9-16(17(14)20)19(24,10-3-4-12-25-2)15-8-6-11-22(13-15)18(21)23/h5,7,9,15,24H,3-4,6,8,10-13H2,1-2H3,(H2,21,23)/t15-,19+/m1/s1. The number of rotatable bonds is 7. The highest BCUT2D eigenvalue weighted by atomic mass is 19.1. The minimum atomic E-state index is -1.32. The Balaban J connectivity index is 2.31. The van der Waals surface area contributed by atoms with Crippen LogP contribution in [0.15, 0.2) is 18.2 Å². The second-order valence-corrected chi connectivity index (χ2v) is 6.93. The third-order valence-corrected chi connectivity index (χ3v) is 5.22. The molecular formula is C19H29FN2O3. The maximum absolute atomic E-state index is 14.8. The Kier molecular flexibility index (Phi) is 6.79. The van der Waals surface area contributed by atoms with Gasteiger partial charge in [-0.1, -0.05) is 18.2 Å². The fourth-order valence-electron chi connectivity index (χ4n) is 3.75. The molecule has 5 nitrogen and oxygen atoms in total. The van der Waals surface area contributed by atoms with Crippen LogP contribution in [0.25, 0.3) is 0 Å². The average molecular weight is 352 g/mol. The number of aliphatic hydroxyl groups is 1. The molecule has 0 bridgehead atoms. The molecule has 0 unspecified atom stereocenters. The van der Waals surface area contributed by atoms with Crippen LogP contribution in [0, 0.1) is 18.7 Å². The van der Waals surface area contributed by atoms with Gasteiger partial charge in [-0.3, -0.25) is 0 Å². The van der Waals surface area contributed by atoms with Crippen molar-refractivity contribution >= 4 is 6.03 Å². The van der Waals surface area contributed by atoms with Gasteiger partial charge in [0, 0.05) is 38.3 Å². The van der Waals surface area contributed by atoms with Gasteiger partial charge in [-0.15, -0.1) is 0 Å². The summed E-state index contributed by atoms with van der Waals surface area (Å²) in [5.74, 6) is -0.611. The predicted molar refractivity (Wildman–Crippen MR) is 94.6 cm³/mol. The molecule has 0 radical (unpaired) electrons. The Labute approximate surface area is 149 Å². The minimum absolute atomic E-state index is 0.243. The number of hydrogen-bond donors (Lipinski definition) is 2. The van der Waals surface area contributed by atoms with Gasteiger partial charge in [0.05, 0.1) is 5.60 Å². The summed E-state index contributed by atoms with van der Waals surface area (Å²) in [6, 6.07) is 4.63. The van der Waals surface area contributed by atoms with Crippen molar-refractivity contribution < 1.29 is 19.0 Å². The van der Waals surface area contributed by atoms with Crippen LogP contribution in [-0.2, 0) is 10.3 Å². The molecule has 0 aliphatic carbocycles. The van der Waals surface area contributed by atoms with Gasteiger partial charge in [-0.05, 0) is 44.6 Å². The van der Waals surface area contributed by atoms with Crippen molar-refractivity contribution in [3.05, 3.63) is 35.1 Å². The number of unbranched alkanes of at least 4 members (excludes halogenated alkanes) is 1. The van der Waals surface area contributed by atoms with Crippen molar-refractivity contribution in [1.82, 2.24) is 4.90 Å². The Morgan fingerprint density at radius 3 is 2.92 bits per heavy atom. The molecule has 1 fully saturated rings. The lowest BCUT2D eigenvalue weighted by Crippen LogP contribution is -2.50. The van der Waals surface area contributed by atoms with E-state index in [2.05, 4.69) is 0 Å². The smallest absolute Gasteiger partial charge is 0.314 e. The van der Waals surface area contributed by atoms with Crippen molar-refractivity contribution in [3.63, 3.8) is 0 Å². The van der Waals surface area contributed by atoms with Crippen LogP contribution >= 0.6 is 0 Å². The molecule has 2 amide bonds. The Morgan fingerprint density at radius 1 is 1.48 bits per heavy atom. The zero-order valence-corrected chi connectivity index (χ0v) is 15.1. The zero-order chi connectivity index (χ0) is 18.4. The largest absolute Gasteiger partial charge is 0.385 e. The van der Waals surface area contributed by atoms with Gasteiger partial charge < -0.3 is 20.5 Å². The van der Waals surface area contributed by atoms with E-state index in [1.165, 1.54) is 0 Å². The molecule has 0 aromatic heterocycles. The molecule has 1 aliphatic heterocycles. The first-order chi connectivity index (χ1) is 11.9. The lowest BCUT2D eigenvalue weighted by atomic mass is 9.73. The van der Waals surface area contributed by atoms with Gasteiger partial charge in [0.2, 0.25) is 0 Å². The average Bonchev–Trinajstić information content (AvgIpc) is 2.61. The molecule has 25 heavy (non-hydrogen) atoms. The molecule has 1 heterocycles. The number of piperidine rings is 1. The topological polar surface area (TPSA) is 75.8 Å². The fourth-order valence-corrected chi connectivity index (χ4v) is 3.75. The van der Waals surface area contributed by atoms with Crippen molar-refractivity contribution in [1.29, 1.82) is 0 Å². The summed E-state index contributed by atoms with van der Waals surface area (Å²) in [6.45, 7) is 3.23. The van der Waals surface area contributed by atoms with E-state index < -0.39 is 11.6 Å². The first-order valence-electron chi connectivity index (χ1n) is 8.91. The Hall–Kier alpha value is -1.66. The first kappa shape index (κ1) is 19.7. The number of urea groups is 1. The summed E-state index contributed by atoms with van der Waals surface area (Å²) >= 11 is 0. The molecule has 1 aromatic carbocycles. The number of likely N-dealkylation sites (tertiary alicyclic amines) is 1. The van der Waals surface area contributed by atoms with Crippen LogP contribution in [0.5, 0.6) is 0 Å². The number of aryl methyl sites for hydroxylation is 1. The molecule has 2 rings (SSSR count). The van der Waals surface area contributed by atoms with E-state index in [9.17, 15) is 14.3 Å². The monoisotopic (exact) mass is 352 g/mol. The first-order valence-corrected chi connectivity index (χ1v) is 8.91. The molecule has 1 aliphatic rings. The summed E-state index contributed by atoms with van der Waals surface area (Å²) in [5.41, 5.74) is 4.93. The van der Waals surface area contributed by atoms with E-state index in [0.717, 1.165) is 19.3 Å². The van der Waals surface area contributed by atoms with Gasteiger partial charge in [0.15, 0.2) is 0 Å². The maximum Gasteiger partial charge on any atom is 0.314 e. The van der Waals surface area contributed by atoms with Crippen molar-refractivity contribution in [3.8, 4) is 0 Å². The summed E-state index contributed by atoms with van der Waals surface area (Å²) in [7, 11) is 1.64. The lowest BCUT2D eigenvalue weighted by molar-refractivity contribution is -0.0583. The number of ether oxygens (including phenoxy) is 1. The minimum Gasteiger partial charge on any atom is -0.385 e. The molecule has 6 heteroatoms. The van der Waals surface area contributed by atoms with E-state index in [0.29, 0.717) is 43.7 Å². The maximum atomic E-state index is 14.8. The van der Waals surface area contributed by atoms with E-state index in [4.69, 9.17) is 10.5 Å². The molecule has 0 spiro atoms. The third kappa shape index (κ3) is 4.50. The second-order valence-electron chi connectivity index (χ2n) is 6.93. The van der Waals surface area contributed by atoms with Gasteiger partial charge >= 0.3 is 6.03 Å². The van der Waals surface area contributed by atoms with Crippen LogP contribution < -0.4 is 5.73 Å². The van der Waals surface area contributed by atoms with E-state index in [-0.39, 0.29) is 11.7 Å². The van der Waals surface area contributed by atoms with Crippen LogP contribution in [0.2, 0.25) is 0 Å². The zero-order valence-electron chi connectivity index (χ0n) is 15.1. The van der Waals surface area contributed by atoms with Gasteiger partial charge in [-0.25, -0.2) is 9.18 Å². The van der Waals surface area contributed by atoms with Crippen LogP contribution in [0.4, 0.5) is 9.18 Å². The molecule has 0 saturated carbocycles. The SMILES string of the molecule is COCCCC[C@@](O)(c1cccc(C)c1F)[C@@H]1CCCN(C(N)=O)C1. The summed E-state index contributed by atoms with van der Waals surface area (Å²) < 4.78 is 19.9. The van der Waals surface area contributed by atoms with Crippen molar-refractivity contribution in [2.75, 3.05) is 26.8 Å². The normalized spacial score (nSPS) is 20.3. The van der Waals surface area contributed by atoms with E-state index in [1.807, 2.05) is 0 Å². The van der Waals surface area contributed by atoms with Gasteiger partial charge in [0.1, 0.15) is 5.82 Å². The quantitative estimate of drug-likeness (QED) is 0.741. The molecule has 140 valence electrons. The number of nitrogens with zero attached hydrogens (tertiary/aromatic N) is 1. The number of methoxy groups -OCH3 is 1. The fraction of sp³-hybridized carbons (Fsp3) is 0.632. The Bertz CT molecular complexity index is 596. The number of carbonyl (C=O) groups excluding carboxylic acids is 1.